The van der Waals surface area contributed by atoms with Crippen LogP contribution < -0.4 is 0 Å². The molecule has 0 amide bonds. The summed E-state index contributed by atoms with van der Waals surface area (Å²) in [6, 6.07) is 0.505. The summed E-state index contributed by atoms with van der Waals surface area (Å²) in [7, 11) is 0. The second kappa shape index (κ2) is 3.95. The van der Waals surface area contributed by atoms with E-state index in [0.29, 0.717) is 11.9 Å². The van der Waals surface area contributed by atoms with Crippen molar-refractivity contribution in [3.05, 3.63) is 18.2 Å². The van der Waals surface area contributed by atoms with Gasteiger partial charge in [0.2, 0.25) is 0 Å². The van der Waals surface area contributed by atoms with Crippen molar-refractivity contribution in [3.8, 4) is 0 Å². The van der Waals surface area contributed by atoms with Gasteiger partial charge in [-0.3, -0.25) is 4.79 Å². The third-order valence-corrected chi connectivity index (χ3v) is 2.95. The number of Topliss-reactive ketones (excluding diaryl/α,β-unsaturated/α-hetero) is 1. The first-order valence-electron chi connectivity index (χ1n) is 5.33. The summed E-state index contributed by atoms with van der Waals surface area (Å²) in [6.07, 6.45) is 9.94. The number of hydrogen-bond acceptors (Lipinski definition) is 2. The van der Waals surface area contributed by atoms with Gasteiger partial charge in [0.05, 0.1) is 0 Å². The van der Waals surface area contributed by atoms with Gasteiger partial charge < -0.3 is 4.57 Å². The third-order valence-electron chi connectivity index (χ3n) is 2.95. The average molecular weight is 192 g/mol. The number of carbonyl (C=O) groups is 1. The molecule has 1 aromatic heterocycles. The summed E-state index contributed by atoms with van der Waals surface area (Å²) in [5, 5.41) is 0. The third kappa shape index (κ3) is 1.72. The number of hydrogen-bond donors (Lipinski definition) is 0. The van der Waals surface area contributed by atoms with Crippen molar-refractivity contribution < 1.29 is 4.79 Å². The molecule has 1 aromatic rings. The van der Waals surface area contributed by atoms with Crippen molar-refractivity contribution in [2.45, 2.75) is 45.1 Å². The van der Waals surface area contributed by atoms with Crippen LogP contribution in [-0.2, 0) is 0 Å². The number of rotatable bonds is 2. The van der Waals surface area contributed by atoms with Gasteiger partial charge in [-0.1, -0.05) is 19.3 Å². The molecular formula is C11H16N2O. The lowest BCUT2D eigenvalue weighted by Gasteiger charge is -2.24. The highest BCUT2D eigenvalue weighted by Crippen LogP contribution is 2.28. The van der Waals surface area contributed by atoms with E-state index in [1.54, 1.807) is 13.1 Å². The molecule has 0 atom stereocenters. The van der Waals surface area contributed by atoms with E-state index in [1.807, 2.05) is 6.20 Å². The van der Waals surface area contributed by atoms with Gasteiger partial charge >= 0.3 is 0 Å². The number of aromatic nitrogens is 2. The fraction of sp³-hybridized carbons (Fsp3) is 0.636. The first-order valence-corrected chi connectivity index (χ1v) is 5.33. The van der Waals surface area contributed by atoms with Gasteiger partial charge in [0.1, 0.15) is 0 Å². The van der Waals surface area contributed by atoms with Gasteiger partial charge in [0.15, 0.2) is 11.6 Å². The lowest BCUT2D eigenvalue weighted by Crippen LogP contribution is -2.16. The van der Waals surface area contributed by atoms with Crippen molar-refractivity contribution in [2.75, 3.05) is 0 Å². The van der Waals surface area contributed by atoms with Crippen LogP contribution in [0.2, 0.25) is 0 Å². The molecule has 1 heterocycles. The molecule has 2 rings (SSSR count). The van der Waals surface area contributed by atoms with Gasteiger partial charge in [-0.15, -0.1) is 0 Å². The van der Waals surface area contributed by atoms with E-state index in [1.165, 1.54) is 32.1 Å². The Morgan fingerprint density at radius 2 is 2.14 bits per heavy atom. The molecule has 1 fully saturated rings. The summed E-state index contributed by atoms with van der Waals surface area (Å²) >= 11 is 0. The van der Waals surface area contributed by atoms with E-state index in [9.17, 15) is 4.79 Å². The Morgan fingerprint density at radius 1 is 1.43 bits per heavy atom. The first kappa shape index (κ1) is 9.44. The maximum Gasteiger partial charge on any atom is 0.195 e. The molecule has 3 nitrogen and oxygen atoms in total. The van der Waals surface area contributed by atoms with Gasteiger partial charge in [-0.25, -0.2) is 4.98 Å². The van der Waals surface area contributed by atoms with Crippen LogP contribution in [0.1, 0.15) is 55.7 Å². The van der Waals surface area contributed by atoms with Crippen LogP contribution in [-0.4, -0.2) is 15.3 Å². The number of imidazole rings is 1. The normalized spacial score (nSPS) is 18.4. The smallest absolute Gasteiger partial charge is 0.195 e. The quantitative estimate of drug-likeness (QED) is 0.675. The Kier molecular flexibility index (Phi) is 2.66. The summed E-state index contributed by atoms with van der Waals surface area (Å²) in [5.74, 6) is 0.692. The zero-order valence-electron chi connectivity index (χ0n) is 8.57. The highest BCUT2D eigenvalue weighted by atomic mass is 16.1. The Bertz CT molecular complexity index is 324. The van der Waals surface area contributed by atoms with E-state index < -0.39 is 0 Å². The minimum Gasteiger partial charge on any atom is -0.325 e. The zero-order chi connectivity index (χ0) is 9.97. The molecule has 0 unspecified atom stereocenters. The number of carbonyl (C=O) groups excluding carboxylic acids is 1. The lowest BCUT2D eigenvalue weighted by molar-refractivity contribution is 0.0995. The van der Waals surface area contributed by atoms with Crippen molar-refractivity contribution in [1.29, 1.82) is 0 Å². The van der Waals surface area contributed by atoms with Crippen LogP contribution in [0.5, 0.6) is 0 Å². The maximum absolute atomic E-state index is 11.3. The molecule has 1 aliphatic rings. The predicted molar refractivity (Wildman–Crippen MR) is 54.4 cm³/mol. The van der Waals surface area contributed by atoms with Gasteiger partial charge in [-0.2, -0.15) is 0 Å². The Labute approximate surface area is 84.1 Å². The van der Waals surface area contributed by atoms with Gasteiger partial charge in [0, 0.05) is 25.4 Å². The average Bonchev–Trinajstić information content (AvgIpc) is 2.67. The lowest BCUT2D eigenvalue weighted by atomic mass is 9.95. The van der Waals surface area contributed by atoms with Crippen LogP contribution in [0.3, 0.4) is 0 Å². The minimum absolute atomic E-state index is 0.0700. The second-order valence-corrected chi connectivity index (χ2v) is 4.01. The van der Waals surface area contributed by atoms with Gasteiger partial charge in [-0.05, 0) is 12.8 Å². The second-order valence-electron chi connectivity index (χ2n) is 4.01. The van der Waals surface area contributed by atoms with E-state index >= 15 is 0 Å². The topological polar surface area (TPSA) is 34.9 Å². The summed E-state index contributed by atoms with van der Waals surface area (Å²) in [4.78, 5) is 15.4. The number of nitrogens with zero attached hydrogens (tertiary/aromatic N) is 2. The monoisotopic (exact) mass is 192 g/mol. The van der Waals surface area contributed by atoms with E-state index in [4.69, 9.17) is 0 Å². The zero-order valence-corrected chi connectivity index (χ0v) is 8.57. The van der Waals surface area contributed by atoms with Crippen molar-refractivity contribution in [1.82, 2.24) is 9.55 Å². The molecule has 76 valence electrons. The summed E-state index contributed by atoms with van der Waals surface area (Å²) in [5.41, 5.74) is 0. The van der Waals surface area contributed by atoms with Crippen LogP contribution in [0.4, 0.5) is 0 Å². The van der Waals surface area contributed by atoms with Crippen molar-refractivity contribution in [2.24, 2.45) is 0 Å². The predicted octanol–water partition coefficient (Wildman–Crippen LogP) is 2.59. The van der Waals surface area contributed by atoms with E-state index in [-0.39, 0.29) is 5.78 Å². The Hall–Kier alpha value is -1.12. The molecule has 0 bridgehead atoms. The highest BCUT2D eigenvalue weighted by Gasteiger charge is 2.19. The highest BCUT2D eigenvalue weighted by molar-refractivity contribution is 5.90. The van der Waals surface area contributed by atoms with Crippen molar-refractivity contribution >= 4 is 5.78 Å². The fourth-order valence-corrected chi connectivity index (χ4v) is 2.24. The molecule has 0 saturated heterocycles. The first-order chi connectivity index (χ1) is 6.79. The molecule has 0 aliphatic heterocycles. The molecule has 0 radical (unpaired) electrons. The maximum atomic E-state index is 11.3. The molecule has 1 aliphatic carbocycles. The van der Waals surface area contributed by atoms with Crippen molar-refractivity contribution in [3.63, 3.8) is 0 Å². The van der Waals surface area contributed by atoms with E-state index in [0.717, 1.165) is 0 Å². The summed E-state index contributed by atoms with van der Waals surface area (Å²) < 4.78 is 2.06. The number of ketones is 1. The Balaban J connectivity index is 2.21. The molecule has 14 heavy (non-hydrogen) atoms. The van der Waals surface area contributed by atoms with Crippen LogP contribution in [0.15, 0.2) is 12.4 Å². The Morgan fingerprint density at radius 3 is 2.79 bits per heavy atom. The molecule has 0 N–H and O–H groups in total. The molecule has 0 spiro atoms. The largest absolute Gasteiger partial charge is 0.325 e. The minimum atomic E-state index is 0.0700. The standard InChI is InChI=1S/C11H16N2O/c1-9(14)11-12-7-8-13(11)10-5-3-2-4-6-10/h7-8,10H,2-6H2,1H3. The van der Waals surface area contributed by atoms with Crippen LogP contribution in [0, 0.1) is 0 Å². The van der Waals surface area contributed by atoms with E-state index in [2.05, 4.69) is 9.55 Å². The van der Waals surface area contributed by atoms with Crippen LogP contribution >= 0.6 is 0 Å². The van der Waals surface area contributed by atoms with Gasteiger partial charge in [0.25, 0.3) is 0 Å². The molecule has 3 heteroatoms. The van der Waals surface area contributed by atoms with Crippen LogP contribution in [0.25, 0.3) is 0 Å². The summed E-state index contributed by atoms with van der Waals surface area (Å²) in [6.45, 7) is 1.58. The SMILES string of the molecule is CC(=O)c1nccn1C1CCCCC1. The molecule has 1 saturated carbocycles. The fourth-order valence-electron chi connectivity index (χ4n) is 2.24. The molecule has 0 aromatic carbocycles. The molecular weight excluding hydrogens is 176 g/mol.